The van der Waals surface area contributed by atoms with Gasteiger partial charge in [0.15, 0.2) is 0 Å². The van der Waals surface area contributed by atoms with Crippen LogP contribution in [-0.2, 0) is 0 Å². The van der Waals surface area contributed by atoms with Crippen molar-refractivity contribution >= 4 is 23.1 Å². The lowest BCUT2D eigenvalue weighted by Crippen LogP contribution is -2.44. The first kappa shape index (κ1) is 15.5. The SMILES string of the molecule is Cc1ccc(N2CCC(NC(=O)c3ccsc3)CC2)nc1C#N. The molecule has 118 valence electrons. The molecule has 1 saturated heterocycles. The summed E-state index contributed by atoms with van der Waals surface area (Å²) in [5.74, 6) is 0.847. The van der Waals surface area contributed by atoms with Crippen LogP contribution in [0, 0.1) is 18.3 Å². The summed E-state index contributed by atoms with van der Waals surface area (Å²) in [4.78, 5) is 18.7. The van der Waals surface area contributed by atoms with Crippen molar-refractivity contribution in [1.82, 2.24) is 10.3 Å². The summed E-state index contributed by atoms with van der Waals surface area (Å²) >= 11 is 1.53. The molecule has 2 aromatic heterocycles. The Balaban J connectivity index is 1.58. The van der Waals surface area contributed by atoms with Crippen LogP contribution < -0.4 is 10.2 Å². The van der Waals surface area contributed by atoms with E-state index in [0.717, 1.165) is 42.9 Å². The topological polar surface area (TPSA) is 69.0 Å². The van der Waals surface area contributed by atoms with E-state index in [1.165, 1.54) is 11.3 Å². The number of carbonyl (C=O) groups excluding carboxylic acids is 1. The molecule has 6 heteroatoms. The normalized spacial score (nSPS) is 15.2. The van der Waals surface area contributed by atoms with Crippen molar-refractivity contribution in [2.75, 3.05) is 18.0 Å². The van der Waals surface area contributed by atoms with Gasteiger partial charge >= 0.3 is 0 Å². The first-order chi connectivity index (χ1) is 11.2. The van der Waals surface area contributed by atoms with Gasteiger partial charge in [0.25, 0.3) is 5.91 Å². The van der Waals surface area contributed by atoms with Gasteiger partial charge in [-0.25, -0.2) is 4.98 Å². The molecular weight excluding hydrogens is 308 g/mol. The van der Waals surface area contributed by atoms with Crippen LogP contribution >= 0.6 is 11.3 Å². The second kappa shape index (κ2) is 6.80. The van der Waals surface area contributed by atoms with Crippen molar-refractivity contribution in [3.63, 3.8) is 0 Å². The van der Waals surface area contributed by atoms with Gasteiger partial charge in [0, 0.05) is 30.1 Å². The van der Waals surface area contributed by atoms with E-state index in [-0.39, 0.29) is 11.9 Å². The minimum atomic E-state index is 0.00456. The maximum atomic E-state index is 12.1. The molecule has 1 N–H and O–H groups in total. The van der Waals surface area contributed by atoms with Gasteiger partial charge in [-0.3, -0.25) is 4.79 Å². The van der Waals surface area contributed by atoms with Crippen molar-refractivity contribution in [3.05, 3.63) is 45.8 Å². The molecule has 23 heavy (non-hydrogen) atoms. The Morgan fingerprint density at radius 2 is 2.17 bits per heavy atom. The zero-order valence-corrected chi connectivity index (χ0v) is 13.8. The molecular formula is C17H18N4OS. The van der Waals surface area contributed by atoms with Gasteiger partial charge < -0.3 is 10.2 Å². The van der Waals surface area contributed by atoms with E-state index in [4.69, 9.17) is 5.26 Å². The highest BCUT2D eigenvalue weighted by Gasteiger charge is 2.22. The van der Waals surface area contributed by atoms with Gasteiger partial charge in [-0.1, -0.05) is 6.07 Å². The van der Waals surface area contributed by atoms with Crippen molar-refractivity contribution in [3.8, 4) is 6.07 Å². The van der Waals surface area contributed by atoms with Gasteiger partial charge in [0.2, 0.25) is 0 Å². The third-order valence-corrected chi connectivity index (χ3v) is 4.81. The molecule has 0 aliphatic carbocycles. The molecule has 0 unspecified atom stereocenters. The molecule has 0 spiro atoms. The standard InChI is InChI=1S/C17H18N4OS/c1-12-2-3-16(20-15(12)10-18)21-7-4-14(5-8-21)19-17(22)13-6-9-23-11-13/h2-3,6,9,11,14H,4-5,7-8H2,1H3,(H,19,22). The smallest absolute Gasteiger partial charge is 0.252 e. The average molecular weight is 326 g/mol. The third-order valence-electron chi connectivity index (χ3n) is 4.13. The molecule has 1 fully saturated rings. The van der Waals surface area contributed by atoms with Crippen LogP contribution in [0.15, 0.2) is 29.0 Å². The van der Waals surface area contributed by atoms with Crippen LogP contribution in [0.2, 0.25) is 0 Å². The van der Waals surface area contributed by atoms with Crippen molar-refractivity contribution in [1.29, 1.82) is 5.26 Å². The number of anilines is 1. The predicted molar refractivity (Wildman–Crippen MR) is 90.7 cm³/mol. The van der Waals surface area contributed by atoms with E-state index in [1.807, 2.05) is 35.9 Å². The summed E-state index contributed by atoms with van der Waals surface area (Å²) in [5, 5.41) is 16.0. The first-order valence-electron chi connectivity index (χ1n) is 7.63. The highest BCUT2D eigenvalue weighted by Crippen LogP contribution is 2.20. The zero-order valence-electron chi connectivity index (χ0n) is 13.0. The van der Waals surface area contributed by atoms with Crippen LogP contribution in [-0.4, -0.2) is 30.0 Å². The summed E-state index contributed by atoms with van der Waals surface area (Å²) in [6, 6.07) is 8.06. The van der Waals surface area contributed by atoms with Crippen LogP contribution in [0.4, 0.5) is 5.82 Å². The maximum absolute atomic E-state index is 12.1. The quantitative estimate of drug-likeness (QED) is 0.941. The van der Waals surface area contributed by atoms with E-state index in [2.05, 4.69) is 21.3 Å². The maximum Gasteiger partial charge on any atom is 0.252 e. The fraction of sp³-hybridized carbons (Fsp3) is 0.353. The summed E-state index contributed by atoms with van der Waals surface area (Å²) in [6.07, 6.45) is 1.76. The number of nitrogens with zero attached hydrogens (tertiary/aromatic N) is 3. The predicted octanol–water partition coefficient (Wildman–Crippen LogP) is 2.72. The number of rotatable bonds is 3. The van der Waals surface area contributed by atoms with Gasteiger partial charge in [-0.2, -0.15) is 16.6 Å². The molecule has 1 aliphatic rings. The fourth-order valence-corrected chi connectivity index (χ4v) is 3.36. The van der Waals surface area contributed by atoms with Crippen LogP contribution in [0.1, 0.15) is 34.5 Å². The van der Waals surface area contributed by atoms with Gasteiger partial charge in [0.05, 0.1) is 0 Å². The molecule has 0 radical (unpaired) electrons. The van der Waals surface area contributed by atoms with Crippen LogP contribution in [0.3, 0.4) is 0 Å². The summed E-state index contributed by atoms with van der Waals surface area (Å²) in [6.45, 7) is 3.55. The number of carbonyl (C=O) groups is 1. The van der Waals surface area contributed by atoms with Crippen LogP contribution in [0.5, 0.6) is 0 Å². The van der Waals surface area contributed by atoms with E-state index in [1.54, 1.807) is 0 Å². The minimum Gasteiger partial charge on any atom is -0.356 e. The van der Waals surface area contributed by atoms with Crippen molar-refractivity contribution in [2.24, 2.45) is 0 Å². The molecule has 2 aromatic rings. The fourth-order valence-electron chi connectivity index (χ4n) is 2.72. The Labute approximate surface area is 139 Å². The molecule has 1 amide bonds. The Hall–Kier alpha value is -2.39. The Bertz CT molecular complexity index is 728. The molecule has 0 aromatic carbocycles. The van der Waals surface area contributed by atoms with Crippen molar-refractivity contribution in [2.45, 2.75) is 25.8 Å². The Morgan fingerprint density at radius 1 is 1.39 bits per heavy atom. The lowest BCUT2D eigenvalue weighted by atomic mass is 10.0. The number of aryl methyl sites for hydroxylation is 1. The lowest BCUT2D eigenvalue weighted by molar-refractivity contribution is 0.0931. The second-order valence-electron chi connectivity index (χ2n) is 5.69. The number of thiophene rings is 1. The largest absolute Gasteiger partial charge is 0.356 e. The number of hydrogen-bond donors (Lipinski definition) is 1. The Kier molecular flexibility index (Phi) is 4.58. The summed E-state index contributed by atoms with van der Waals surface area (Å²) in [7, 11) is 0. The number of hydrogen-bond acceptors (Lipinski definition) is 5. The number of pyridine rings is 1. The molecule has 1 aliphatic heterocycles. The lowest BCUT2D eigenvalue weighted by Gasteiger charge is -2.33. The van der Waals surface area contributed by atoms with E-state index in [0.29, 0.717) is 5.69 Å². The average Bonchev–Trinajstić information content (AvgIpc) is 3.11. The number of nitrogens with one attached hydrogen (secondary N) is 1. The Morgan fingerprint density at radius 3 is 2.83 bits per heavy atom. The molecule has 0 bridgehead atoms. The summed E-state index contributed by atoms with van der Waals surface area (Å²) in [5.41, 5.74) is 2.11. The van der Waals surface area contributed by atoms with Gasteiger partial charge in [-0.05, 0) is 42.8 Å². The first-order valence-corrected chi connectivity index (χ1v) is 8.57. The van der Waals surface area contributed by atoms with E-state index < -0.39 is 0 Å². The third kappa shape index (κ3) is 3.51. The molecule has 0 atom stereocenters. The van der Waals surface area contributed by atoms with Crippen LogP contribution in [0.25, 0.3) is 0 Å². The second-order valence-corrected chi connectivity index (χ2v) is 6.47. The minimum absolute atomic E-state index is 0.00456. The number of aromatic nitrogens is 1. The molecule has 3 rings (SSSR count). The van der Waals surface area contributed by atoms with Gasteiger partial charge in [0.1, 0.15) is 17.6 Å². The van der Waals surface area contributed by atoms with E-state index >= 15 is 0 Å². The molecule has 0 saturated carbocycles. The monoisotopic (exact) mass is 326 g/mol. The number of amides is 1. The molecule has 5 nitrogen and oxygen atoms in total. The highest BCUT2D eigenvalue weighted by molar-refractivity contribution is 7.08. The highest BCUT2D eigenvalue weighted by atomic mass is 32.1. The zero-order chi connectivity index (χ0) is 16.2. The number of piperidine rings is 1. The summed E-state index contributed by atoms with van der Waals surface area (Å²) < 4.78 is 0. The van der Waals surface area contributed by atoms with Gasteiger partial charge in [-0.15, -0.1) is 0 Å². The van der Waals surface area contributed by atoms with E-state index in [9.17, 15) is 4.79 Å². The molecule has 3 heterocycles. The van der Waals surface area contributed by atoms with Crippen molar-refractivity contribution < 1.29 is 4.79 Å². The number of nitriles is 1.